The fourth-order valence-corrected chi connectivity index (χ4v) is 10.8. The summed E-state index contributed by atoms with van der Waals surface area (Å²) < 4.78 is 85.6. The van der Waals surface area contributed by atoms with E-state index >= 15 is 0 Å². The molecule has 1 N–H and O–H groups in total. The Bertz CT molecular complexity index is 1920. The SMILES string of the molecule is CCc1cn2c3c(cc(C(=O)C[C@@H](Cc4cc(F)cc(F)c4)[C@H](O)[C@@H]4CCCN(S(=O)(=O)C(C)C)C4)cc13)N(C)S(=O)(=O)C1(CC1)C2. The molecule has 0 unspecified atom stereocenters. The number of hydrogen-bond donors (Lipinski definition) is 1. The van der Waals surface area contributed by atoms with Crippen molar-refractivity contribution in [2.75, 3.05) is 24.4 Å². The van der Waals surface area contributed by atoms with Crippen LogP contribution in [0.2, 0.25) is 0 Å². The van der Waals surface area contributed by atoms with Gasteiger partial charge in [0.2, 0.25) is 20.0 Å². The Morgan fingerprint density at radius 3 is 2.40 bits per heavy atom. The quantitative estimate of drug-likeness (QED) is 0.298. The molecule has 1 aliphatic carbocycles. The number of nitrogens with zero attached hydrogens (tertiary/aromatic N) is 3. The molecule has 3 heterocycles. The van der Waals surface area contributed by atoms with Crippen molar-refractivity contribution < 1.29 is 35.5 Å². The highest BCUT2D eigenvalue weighted by Crippen LogP contribution is 2.51. The first-order chi connectivity index (χ1) is 22.1. The lowest BCUT2D eigenvalue weighted by Crippen LogP contribution is -2.47. The van der Waals surface area contributed by atoms with E-state index in [4.69, 9.17) is 0 Å². The molecule has 47 heavy (non-hydrogen) atoms. The zero-order chi connectivity index (χ0) is 34.1. The van der Waals surface area contributed by atoms with Crippen molar-refractivity contribution >= 4 is 42.4 Å². The van der Waals surface area contributed by atoms with Crippen LogP contribution in [0.1, 0.15) is 74.4 Å². The maximum absolute atomic E-state index is 14.2. The van der Waals surface area contributed by atoms with E-state index in [2.05, 4.69) is 0 Å². The van der Waals surface area contributed by atoms with E-state index < -0.39 is 59.6 Å². The number of sulfonamides is 2. The third-order valence-electron chi connectivity index (χ3n) is 10.5. The number of halogens is 2. The van der Waals surface area contributed by atoms with Gasteiger partial charge >= 0.3 is 0 Å². The molecule has 1 aromatic heterocycles. The van der Waals surface area contributed by atoms with Crippen LogP contribution in [0.3, 0.4) is 0 Å². The Kier molecular flexibility index (Phi) is 8.85. The summed E-state index contributed by atoms with van der Waals surface area (Å²) in [6.07, 6.45) is 3.48. The highest BCUT2D eigenvalue weighted by atomic mass is 32.2. The number of carbonyl (C=O) groups is 1. The molecule has 9 nitrogen and oxygen atoms in total. The Morgan fingerprint density at radius 2 is 1.79 bits per heavy atom. The molecule has 2 aliphatic heterocycles. The standard InChI is InChI=1S/C34H43F2N3O6S2/c1-5-23-18-38-20-34(8-9-34)47(44,45)37(4)30-15-25(14-29(23)32(30)38)31(40)16-26(11-22-12-27(35)17-28(36)13-22)33(41)24-7-6-10-39(19-24)46(42,43)21(2)3/h12-15,17-18,21,24,26,33,41H,5-11,16,19-20H2,1-4H3/t24-,26-,33-/m1/s1. The van der Waals surface area contributed by atoms with E-state index in [1.807, 2.05) is 17.7 Å². The number of Topliss-reactive ketones (excluding diaryl/α,β-unsaturated/α-hetero) is 1. The molecule has 13 heteroatoms. The van der Waals surface area contributed by atoms with Crippen molar-refractivity contribution in [3.05, 3.63) is 64.9 Å². The maximum Gasteiger partial charge on any atom is 0.242 e. The summed E-state index contributed by atoms with van der Waals surface area (Å²) in [6.45, 7) is 5.98. The highest BCUT2D eigenvalue weighted by Gasteiger charge is 2.58. The second kappa shape index (κ2) is 12.2. The molecule has 0 bridgehead atoms. The fraction of sp³-hybridized carbons (Fsp3) is 0.559. The number of aliphatic hydroxyl groups excluding tert-OH is 1. The van der Waals surface area contributed by atoms with Crippen LogP contribution < -0.4 is 4.31 Å². The number of ketones is 1. The van der Waals surface area contributed by atoms with Crippen LogP contribution in [0.5, 0.6) is 0 Å². The summed E-state index contributed by atoms with van der Waals surface area (Å²) in [5.41, 5.74) is 2.72. The van der Waals surface area contributed by atoms with Gasteiger partial charge in [-0.15, -0.1) is 0 Å². The fourth-order valence-electron chi connectivity index (χ4n) is 7.53. The van der Waals surface area contributed by atoms with E-state index in [1.165, 1.54) is 27.8 Å². The Balaban J connectivity index is 1.36. The summed E-state index contributed by atoms with van der Waals surface area (Å²) in [4.78, 5) is 14.2. The number of piperidine rings is 1. The minimum atomic E-state index is -3.70. The van der Waals surface area contributed by atoms with Crippen LogP contribution in [-0.2, 0) is 39.4 Å². The molecule has 3 aliphatic rings. The molecule has 0 amide bonds. The van der Waals surface area contributed by atoms with Crippen molar-refractivity contribution in [1.29, 1.82) is 0 Å². The molecule has 6 rings (SSSR count). The van der Waals surface area contributed by atoms with Crippen LogP contribution in [0.15, 0.2) is 36.5 Å². The molecule has 1 saturated carbocycles. The molecule has 3 atom stereocenters. The molecule has 256 valence electrons. The van der Waals surface area contributed by atoms with Crippen molar-refractivity contribution in [3.63, 3.8) is 0 Å². The van der Waals surface area contributed by atoms with Crippen LogP contribution >= 0.6 is 0 Å². The first-order valence-electron chi connectivity index (χ1n) is 16.4. The number of aryl methyl sites for hydroxylation is 1. The highest BCUT2D eigenvalue weighted by molar-refractivity contribution is 7.94. The van der Waals surface area contributed by atoms with Crippen molar-refractivity contribution in [3.8, 4) is 0 Å². The molecule has 2 fully saturated rings. The predicted octanol–water partition coefficient (Wildman–Crippen LogP) is 5.04. The van der Waals surface area contributed by atoms with Gasteiger partial charge in [0.15, 0.2) is 5.78 Å². The van der Waals surface area contributed by atoms with Gasteiger partial charge in [0.1, 0.15) is 16.4 Å². The van der Waals surface area contributed by atoms with E-state index in [0.717, 1.165) is 22.5 Å². The topological polar surface area (TPSA) is 117 Å². The smallest absolute Gasteiger partial charge is 0.242 e. The van der Waals surface area contributed by atoms with Crippen molar-refractivity contribution in [1.82, 2.24) is 8.87 Å². The number of carbonyl (C=O) groups excluding carboxylic acids is 1. The predicted molar refractivity (Wildman–Crippen MR) is 177 cm³/mol. The van der Waals surface area contributed by atoms with Gasteiger partial charge in [-0.3, -0.25) is 9.10 Å². The molecule has 0 radical (unpaired) electrons. The van der Waals surface area contributed by atoms with Gasteiger partial charge in [-0.2, -0.15) is 0 Å². The molecule has 3 aromatic rings. The second-order valence-electron chi connectivity index (χ2n) is 13.9. The lowest BCUT2D eigenvalue weighted by molar-refractivity contribution is 0.0230. The molecule has 1 saturated heterocycles. The molecule has 2 aromatic carbocycles. The Morgan fingerprint density at radius 1 is 1.11 bits per heavy atom. The normalized spacial score (nSPS) is 22.0. The lowest BCUT2D eigenvalue weighted by Gasteiger charge is -2.38. The van der Waals surface area contributed by atoms with Gasteiger partial charge in [0, 0.05) is 56.3 Å². The first-order valence-corrected chi connectivity index (χ1v) is 19.3. The Hall–Kier alpha value is -2.87. The Labute approximate surface area is 275 Å². The summed E-state index contributed by atoms with van der Waals surface area (Å²) >= 11 is 0. The molecule has 1 spiro atoms. The third-order valence-corrected chi connectivity index (χ3v) is 15.3. The second-order valence-corrected chi connectivity index (χ2v) is 18.7. The summed E-state index contributed by atoms with van der Waals surface area (Å²) in [6, 6.07) is 6.49. The van der Waals surface area contributed by atoms with Crippen molar-refractivity contribution in [2.24, 2.45) is 11.8 Å². The van der Waals surface area contributed by atoms with Gasteiger partial charge in [-0.05, 0) is 99.6 Å². The van der Waals surface area contributed by atoms with Crippen LogP contribution in [0, 0.1) is 23.5 Å². The molecular weight excluding hydrogens is 649 g/mol. The maximum atomic E-state index is 14.2. The number of rotatable bonds is 10. The third kappa shape index (κ3) is 6.02. The van der Waals surface area contributed by atoms with Gasteiger partial charge in [0.25, 0.3) is 0 Å². The lowest BCUT2D eigenvalue weighted by atomic mass is 9.79. The van der Waals surface area contributed by atoms with Gasteiger partial charge < -0.3 is 9.67 Å². The van der Waals surface area contributed by atoms with E-state index in [9.17, 15) is 35.5 Å². The number of aromatic nitrogens is 1. The summed E-state index contributed by atoms with van der Waals surface area (Å²) in [5.74, 6) is -3.19. The average molecular weight is 692 g/mol. The van der Waals surface area contributed by atoms with E-state index in [1.54, 1.807) is 26.0 Å². The molecular formula is C34H43F2N3O6S2. The van der Waals surface area contributed by atoms with E-state index in [-0.39, 0.29) is 36.3 Å². The summed E-state index contributed by atoms with van der Waals surface area (Å²) in [7, 11) is -5.75. The summed E-state index contributed by atoms with van der Waals surface area (Å²) in [5, 5.41) is 11.9. The number of benzene rings is 2. The number of hydrogen-bond acceptors (Lipinski definition) is 6. The van der Waals surface area contributed by atoms with E-state index in [0.29, 0.717) is 50.9 Å². The first kappa shape index (κ1) is 34.0. The van der Waals surface area contributed by atoms with Gasteiger partial charge in [-0.1, -0.05) is 6.92 Å². The largest absolute Gasteiger partial charge is 0.392 e. The zero-order valence-corrected chi connectivity index (χ0v) is 28.9. The average Bonchev–Trinajstić information content (AvgIpc) is 3.74. The number of anilines is 1. The van der Waals surface area contributed by atoms with Crippen LogP contribution in [0.4, 0.5) is 14.5 Å². The van der Waals surface area contributed by atoms with Gasteiger partial charge in [0.05, 0.1) is 22.6 Å². The minimum absolute atomic E-state index is 0.0164. The minimum Gasteiger partial charge on any atom is -0.392 e. The van der Waals surface area contributed by atoms with Gasteiger partial charge in [-0.25, -0.2) is 29.9 Å². The zero-order valence-electron chi connectivity index (χ0n) is 27.2. The monoisotopic (exact) mass is 691 g/mol. The van der Waals surface area contributed by atoms with Crippen LogP contribution in [0.25, 0.3) is 10.9 Å². The van der Waals surface area contributed by atoms with Crippen molar-refractivity contribution in [2.45, 2.75) is 88.4 Å². The number of aliphatic hydroxyl groups is 1. The van der Waals surface area contributed by atoms with Crippen LogP contribution in [-0.4, -0.2) is 72.8 Å².